The van der Waals surface area contributed by atoms with Crippen LogP contribution in [0.1, 0.15) is 46.0 Å². The number of methoxy groups -OCH3 is 1. The van der Waals surface area contributed by atoms with E-state index >= 15 is 0 Å². The molecule has 0 aromatic carbocycles. The van der Waals surface area contributed by atoms with E-state index < -0.39 is 0 Å². The molecule has 98 valence electrons. The third-order valence-corrected chi connectivity index (χ3v) is 3.49. The second kappa shape index (κ2) is 6.74. The molecule has 17 heavy (non-hydrogen) atoms. The average molecular weight is 241 g/mol. The molecule has 0 amide bonds. The lowest BCUT2D eigenvalue weighted by Gasteiger charge is -2.33. The van der Waals surface area contributed by atoms with Gasteiger partial charge in [0.2, 0.25) is 0 Å². The molecule has 0 aliphatic carbocycles. The lowest BCUT2D eigenvalue weighted by Crippen LogP contribution is -2.46. The molecule has 0 saturated carbocycles. The second-order valence-corrected chi connectivity index (χ2v) is 4.85. The first kappa shape index (κ1) is 14.2. The number of ether oxygens (including phenoxy) is 1. The second-order valence-electron chi connectivity index (χ2n) is 4.85. The zero-order valence-electron chi connectivity index (χ0n) is 11.1. The lowest BCUT2D eigenvalue weighted by molar-refractivity contribution is -0.147. The molecule has 2 unspecified atom stereocenters. The smallest absolute Gasteiger partial charge is 0.322 e. The number of rotatable bonds is 4. The van der Waals surface area contributed by atoms with Crippen molar-refractivity contribution in [2.24, 2.45) is 0 Å². The standard InChI is InChI=1S/C13H23NO3/c1-10(15)9-12-7-5-4-6-8-14(12)11(2)13(16)17-3/h11-12H,4-9H2,1-3H3. The lowest BCUT2D eigenvalue weighted by atomic mass is 10.0. The van der Waals surface area contributed by atoms with E-state index in [4.69, 9.17) is 4.74 Å². The van der Waals surface area contributed by atoms with Gasteiger partial charge in [-0.2, -0.15) is 0 Å². The first-order valence-electron chi connectivity index (χ1n) is 6.39. The van der Waals surface area contributed by atoms with Crippen LogP contribution in [0.4, 0.5) is 0 Å². The minimum atomic E-state index is -0.248. The Morgan fingerprint density at radius 2 is 2.06 bits per heavy atom. The molecule has 0 N–H and O–H groups in total. The first-order valence-corrected chi connectivity index (χ1v) is 6.39. The zero-order valence-corrected chi connectivity index (χ0v) is 11.1. The third kappa shape index (κ3) is 4.11. The Balaban J connectivity index is 2.73. The minimum Gasteiger partial charge on any atom is -0.468 e. The molecule has 1 heterocycles. The van der Waals surface area contributed by atoms with Crippen LogP contribution in [-0.4, -0.2) is 42.4 Å². The van der Waals surface area contributed by atoms with Gasteiger partial charge in [-0.25, -0.2) is 0 Å². The average Bonchev–Trinajstić information content (AvgIpc) is 2.51. The maximum absolute atomic E-state index is 11.6. The topological polar surface area (TPSA) is 46.6 Å². The van der Waals surface area contributed by atoms with Gasteiger partial charge < -0.3 is 4.74 Å². The molecule has 2 atom stereocenters. The van der Waals surface area contributed by atoms with Crippen molar-refractivity contribution in [2.45, 2.75) is 58.0 Å². The molecule has 0 bridgehead atoms. The van der Waals surface area contributed by atoms with E-state index in [1.165, 1.54) is 13.5 Å². The maximum Gasteiger partial charge on any atom is 0.322 e. The van der Waals surface area contributed by atoms with Crippen LogP contribution in [0, 0.1) is 0 Å². The van der Waals surface area contributed by atoms with Gasteiger partial charge in [-0.1, -0.05) is 12.8 Å². The summed E-state index contributed by atoms with van der Waals surface area (Å²) in [6.45, 7) is 4.37. The molecule has 4 nitrogen and oxygen atoms in total. The highest BCUT2D eigenvalue weighted by Gasteiger charge is 2.30. The summed E-state index contributed by atoms with van der Waals surface area (Å²) >= 11 is 0. The Kier molecular flexibility index (Phi) is 5.62. The summed E-state index contributed by atoms with van der Waals surface area (Å²) in [6, 6.07) is -0.0495. The Labute approximate surface area is 103 Å². The van der Waals surface area contributed by atoms with Crippen molar-refractivity contribution < 1.29 is 14.3 Å². The molecule has 0 spiro atoms. The number of hydrogen-bond acceptors (Lipinski definition) is 4. The molecule has 4 heteroatoms. The van der Waals surface area contributed by atoms with Crippen molar-refractivity contribution in [1.82, 2.24) is 4.90 Å². The fraction of sp³-hybridized carbons (Fsp3) is 0.846. The van der Waals surface area contributed by atoms with E-state index in [1.807, 2.05) is 6.92 Å². The summed E-state index contributed by atoms with van der Waals surface area (Å²) in [4.78, 5) is 25.0. The maximum atomic E-state index is 11.6. The van der Waals surface area contributed by atoms with Gasteiger partial charge in [0.25, 0.3) is 0 Å². The van der Waals surface area contributed by atoms with Crippen LogP contribution in [0.5, 0.6) is 0 Å². The molecule has 1 fully saturated rings. The Morgan fingerprint density at radius 3 is 2.65 bits per heavy atom. The van der Waals surface area contributed by atoms with Crippen LogP contribution >= 0.6 is 0 Å². The van der Waals surface area contributed by atoms with Crippen molar-refractivity contribution >= 4 is 11.8 Å². The number of likely N-dealkylation sites (tertiary alicyclic amines) is 1. The van der Waals surface area contributed by atoms with Crippen molar-refractivity contribution in [3.05, 3.63) is 0 Å². The van der Waals surface area contributed by atoms with Crippen LogP contribution in [0.2, 0.25) is 0 Å². The van der Waals surface area contributed by atoms with Crippen LogP contribution in [-0.2, 0) is 14.3 Å². The van der Waals surface area contributed by atoms with Gasteiger partial charge in [0, 0.05) is 12.5 Å². The van der Waals surface area contributed by atoms with Crippen LogP contribution in [0.25, 0.3) is 0 Å². The SMILES string of the molecule is COC(=O)C(C)N1CCCCCC1CC(C)=O. The normalized spacial score (nSPS) is 23.8. The van der Waals surface area contributed by atoms with Crippen molar-refractivity contribution in [2.75, 3.05) is 13.7 Å². The van der Waals surface area contributed by atoms with E-state index in [2.05, 4.69) is 4.90 Å². The van der Waals surface area contributed by atoms with Gasteiger partial charge >= 0.3 is 5.97 Å². The largest absolute Gasteiger partial charge is 0.468 e. The molecule has 0 radical (unpaired) electrons. The first-order chi connectivity index (χ1) is 8.06. The molecule has 0 aromatic heterocycles. The summed E-state index contributed by atoms with van der Waals surface area (Å²) in [7, 11) is 1.41. The van der Waals surface area contributed by atoms with Crippen molar-refractivity contribution in [3.8, 4) is 0 Å². The number of carbonyl (C=O) groups is 2. The zero-order chi connectivity index (χ0) is 12.8. The van der Waals surface area contributed by atoms with Gasteiger partial charge in [0.1, 0.15) is 11.8 Å². The van der Waals surface area contributed by atoms with Gasteiger partial charge in [-0.05, 0) is 33.2 Å². The molecule has 1 saturated heterocycles. The molecule has 0 aromatic rings. The monoisotopic (exact) mass is 241 g/mol. The van der Waals surface area contributed by atoms with Crippen molar-refractivity contribution in [1.29, 1.82) is 0 Å². The van der Waals surface area contributed by atoms with E-state index in [-0.39, 0.29) is 23.8 Å². The predicted molar refractivity (Wildman–Crippen MR) is 65.7 cm³/mol. The quantitative estimate of drug-likeness (QED) is 0.704. The Bertz CT molecular complexity index is 278. The van der Waals surface area contributed by atoms with Gasteiger partial charge in [0.05, 0.1) is 7.11 Å². The number of carbonyl (C=O) groups excluding carboxylic acids is 2. The highest BCUT2D eigenvalue weighted by molar-refractivity contribution is 5.77. The fourth-order valence-corrected chi connectivity index (χ4v) is 2.57. The summed E-state index contributed by atoms with van der Waals surface area (Å²) in [6.07, 6.45) is 4.96. The van der Waals surface area contributed by atoms with Crippen molar-refractivity contribution in [3.63, 3.8) is 0 Å². The van der Waals surface area contributed by atoms with E-state index in [1.54, 1.807) is 6.92 Å². The van der Waals surface area contributed by atoms with Crippen LogP contribution in [0.3, 0.4) is 0 Å². The number of esters is 1. The molecular formula is C13H23NO3. The summed E-state index contributed by atoms with van der Waals surface area (Å²) in [5, 5.41) is 0. The highest BCUT2D eigenvalue weighted by atomic mass is 16.5. The Morgan fingerprint density at radius 1 is 1.35 bits per heavy atom. The van der Waals surface area contributed by atoms with E-state index in [9.17, 15) is 9.59 Å². The van der Waals surface area contributed by atoms with Gasteiger partial charge in [0.15, 0.2) is 0 Å². The highest BCUT2D eigenvalue weighted by Crippen LogP contribution is 2.22. The predicted octanol–water partition coefficient (Wildman–Crippen LogP) is 1.77. The molecule has 1 aliphatic rings. The van der Waals surface area contributed by atoms with Gasteiger partial charge in [-0.3, -0.25) is 14.5 Å². The van der Waals surface area contributed by atoms with Crippen LogP contribution < -0.4 is 0 Å². The molecule has 1 aliphatic heterocycles. The summed E-state index contributed by atoms with van der Waals surface area (Å²) in [5.74, 6) is -0.0144. The number of Topliss-reactive ketones (excluding diaryl/α,β-unsaturated/α-hetero) is 1. The third-order valence-electron chi connectivity index (χ3n) is 3.49. The Hall–Kier alpha value is -0.900. The summed E-state index contributed by atoms with van der Waals surface area (Å²) in [5.41, 5.74) is 0. The van der Waals surface area contributed by atoms with E-state index in [0.717, 1.165) is 25.8 Å². The molecular weight excluding hydrogens is 218 g/mol. The summed E-state index contributed by atoms with van der Waals surface area (Å²) < 4.78 is 4.79. The number of nitrogens with zero attached hydrogens (tertiary/aromatic N) is 1. The molecule has 1 rings (SSSR count). The fourth-order valence-electron chi connectivity index (χ4n) is 2.57. The minimum absolute atomic E-state index is 0.193. The number of ketones is 1. The van der Waals surface area contributed by atoms with Gasteiger partial charge in [-0.15, -0.1) is 0 Å². The van der Waals surface area contributed by atoms with Crippen LogP contribution in [0.15, 0.2) is 0 Å². The number of hydrogen-bond donors (Lipinski definition) is 0. The van der Waals surface area contributed by atoms with E-state index in [0.29, 0.717) is 6.42 Å².